The maximum absolute atomic E-state index is 13.7. The van der Waals surface area contributed by atoms with Crippen molar-refractivity contribution >= 4 is 44.9 Å². The molecule has 1 aliphatic heterocycles. The van der Waals surface area contributed by atoms with Crippen LogP contribution in [0.4, 0.5) is 10.1 Å². The molecule has 114 valence electrons. The maximum Gasteiger partial charge on any atom is 0.299 e. The van der Waals surface area contributed by atoms with Crippen molar-refractivity contribution in [2.45, 2.75) is 20.8 Å². The molecule has 1 aliphatic rings. The number of fused-ring (bicyclic) bond motifs is 1. The molecule has 21 heavy (non-hydrogen) atoms. The summed E-state index contributed by atoms with van der Waals surface area (Å²) in [6.07, 6.45) is 0. The van der Waals surface area contributed by atoms with Crippen LogP contribution >= 0.6 is 27.5 Å². The SMILES string of the molecule is CC(C)(C)C(CBr)CN1C(=O)C(=O)c2cc(Cl)c(F)cc21. The van der Waals surface area contributed by atoms with E-state index in [0.29, 0.717) is 17.6 Å². The van der Waals surface area contributed by atoms with Crippen molar-refractivity contribution < 1.29 is 14.0 Å². The van der Waals surface area contributed by atoms with Gasteiger partial charge in [0.1, 0.15) is 5.82 Å². The van der Waals surface area contributed by atoms with Gasteiger partial charge in [0, 0.05) is 11.9 Å². The van der Waals surface area contributed by atoms with Gasteiger partial charge in [-0.15, -0.1) is 0 Å². The average Bonchev–Trinajstić information content (AvgIpc) is 2.60. The molecule has 2 rings (SSSR count). The number of carbonyl (C=O) groups excluding carboxylic acids is 2. The van der Waals surface area contributed by atoms with Crippen LogP contribution < -0.4 is 4.90 Å². The first-order chi connectivity index (χ1) is 9.66. The predicted octanol–water partition coefficient (Wildman–Crippen LogP) is 4.07. The van der Waals surface area contributed by atoms with Gasteiger partial charge in [0.05, 0.1) is 16.3 Å². The van der Waals surface area contributed by atoms with Crippen LogP contribution in [0.5, 0.6) is 0 Å². The lowest BCUT2D eigenvalue weighted by Crippen LogP contribution is -2.39. The third-order valence-corrected chi connectivity index (χ3v) is 4.90. The van der Waals surface area contributed by atoms with Gasteiger partial charge in [-0.3, -0.25) is 9.59 Å². The van der Waals surface area contributed by atoms with Crippen molar-refractivity contribution in [3.63, 3.8) is 0 Å². The zero-order valence-corrected chi connectivity index (χ0v) is 14.4. The van der Waals surface area contributed by atoms with Gasteiger partial charge < -0.3 is 4.90 Å². The van der Waals surface area contributed by atoms with E-state index in [1.54, 1.807) is 0 Å². The van der Waals surface area contributed by atoms with Crippen LogP contribution in [0.25, 0.3) is 0 Å². The number of carbonyl (C=O) groups is 2. The average molecular weight is 377 g/mol. The lowest BCUT2D eigenvalue weighted by atomic mass is 9.82. The Labute approximate surface area is 136 Å². The van der Waals surface area contributed by atoms with Gasteiger partial charge in [0.15, 0.2) is 0 Å². The van der Waals surface area contributed by atoms with Gasteiger partial charge in [0.2, 0.25) is 0 Å². The van der Waals surface area contributed by atoms with Gasteiger partial charge in [-0.1, -0.05) is 48.3 Å². The lowest BCUT2D eigenvalue weighted by Gasteiger charge is -2.32. The topological polar surface area (TPSA) is 37.4 Å². The van der Waals surface area contributed by atoms with Crippen LogP contribution in [-0.4, -0.2) is 23.6 Å². The molecule has 1 amide bonds. The summed E-state index contributed by atoms with van der Waals surface area (Å²) in [5.41, 5.74) is 0.427. The molecule has 6 heteroatoms. The number of Topliss-reactive ketones (excluding diaryl/α,β-unsaturated/α-hetero) is 1. The summed E-state index contributed by atoms with van der Waals surface area (Å²) in [6.45, 7) is 6.54. The van der Waals surface area contributed by atoms with E-state index in [4.69, 9.17) is 11.6 Å². The second-order valence-corrected chi connectivity index (χ2v) is 7.30. The summed E-state index contributed by atoms with van der Waals surface area (Å²) in [5, 5.41) is 0.532. The highest BCUT2D eigenvalue weighted by atomic mass is 79.9. The normalized spacial score (nSPS) is 16.4. The van der Waals surface area contributed by atoms with Gasteiger partial charge in [0.25, 0.3) is 11.7 Å². The largest absolute Gasteiger partial charge is 0.304 e. The molecule has 0 fully saturated rings. The first kappa shape index (κ1) is 16.4. The molecule has 0 saturated carbocycles. The number of benzene rings is 1. The minimum Gasteiger partial charge on any atom is -0.304 e. The molecule has 1 unspecified atom stereocenters. The summed E-state index contributed by atoms with van der Waals surface area (Å²) in [7, 11) is 0. The summed E-state index contributed by atoms with van der Waals surface area (Å²) in [6, 6.07) is 2.39. The molecule has 0 spiro atoms. The maximum atomic E-state index is 13.7. The van der Waals surface area contributed by atoms with E-state index in [0.717, 1.165) is 6.07 Å². The van der Waals surface area contributed by atoms with Crippen molar-refractivity contribution in [1.29, 1.82) is 0 Å². The van der Waals surface area contributed by atoms with Crippen molar-refractivity contribution in [2.75, 3.05) is 16.8 Å². The molecule has 0 radical (unpaired) electrons. The number of hydrogen-bond acceptors (Lipinski definition) is 2. The number of anilines is 1. The summed E-state index contributed by atoms with van der Waals surface area (Å²) < 4.78 is 13.7. The van der Waals surface area contributed by atoms with Gasteiger partial charge in [-0.25, -0.2) is 4.39 Å². The fourth-order valence-electron chi connectivity index (χ4n) is 2.24. The molecule has 0 N–H and O–H groups in total. The fourth-order valence-corrected chi connectivity index (χ4v) is 3.58. The van der Waals surface area contributed by atoms with Crippen LogP contribution in [0, 0.1) is 17.2 Å². The second kappa shape index (κ2) is 5.69. The van der Waals surface area contributed by atoms with E-state index in [1.165, 1.54) is 11.0 Å². The first-order valence-corrected chi connectivity index (χ1v) is 8.08. The van der Waals surface area contributed by atoms with Crippen LogP contribution in [0.1, 0.15) is 31.1 Å². The van der Waals surface area contributed by atoms with Crippen LogP contribution in [0.3, 0.4) is 0 Å². The van der Waals surface area contributed by atoms with E-state index in [2.05, 4.69) is 36.7 Å². The first-order valence-electron chi connectivity index (χ1n) is 6.58. The van der Waals surface area contributed by atoms with Crippen molar-refractivity contribution in [2.24, 2.45) is 11.3 Å². The number of halogens is 3. The lowest BCUT2D eigenvalue weighted by molar-refractivity contribution is -0.114. The number of rotatable bonds is 3. The van der Waals surface area contributed by atoms with E-state index < -0.39 is 17.5 Å². The van der Waals surface area contributed by atoms with E-state index in [-0.39, 0.29) is 21.9 Å². The predicted molar refractivity (Wildman–Crippen MR) is 84.8 cm³/mol. The molecule has 1 heterocycles. The molecule has 0 saturated heterocycles. The second-order valence-electron chi connectivity index (χ2n) is 6.25. The Bertz CT molecular complexity index is 612. The van der Waals surface area contributed by atoms with E-state index in [1.807, 2.05) is 0 Å². The Balaban J connectivity index is 2.41. The Hall–Kier alpha value is -0.940. The van der Waals surface area contributed by atoms with Crippen molar-refractivity contribution in [3.05, 3.63) is 28.5 Å². The zero-order chi connectivity index (χ0) is 15.9. The molecule has 1 aromatic rings. The highest BCUT2D eigenvalue weighted by Gasteiger charge is 2.39. The number of amides is 1. The van der Waals surface area contributed by atoms with Crippen molar-refractivity contribution in [1.82, 2.24) is 0 Å². The zero-order valence-electron chi connectivity index (χ0n) is 12.0. The highest BCUT2D eigenvalue weighted by molar-refractivity contribution is 9.09. The standard InChI is InChI=1S/C15H16BrClFNO2/c1-15(2,3)8(6-16)7-19-12-5-11(18)10(17)4-9(12)13(20)14(19)21/h4-5,8H,6-7H2,1-3H3. The molecule has 0 aromatic heterocycles. The fraction of sp³-hybridized carbons (Fsp3) is 0.467. The molecule has 0 aliphatic carbocycles. The summed E-state index contributed by atoms with van der Waals surface area (Å²) >= 11 is 9.14. The Kier molecular flexibility index (Phi) is 4.45. The van der Waals surface area contributed by atoms with Crippen molar-refractivity contribution in [3.8, 4) is 0 Å². The Morgan fingerprint density at radius 2 is 1.95 bits per heavy atom. The summed E-state index contributed by atoms with van der Waals surface area (Å²) in [4.78, 5) is 25.5. The third-order valence-electron chi connectivity index (χ3n) is 3.83. The Morgan fingerprint density at radius 3 is 2.48 bits per heavy atom. The van der Waals surface area contributed by atoms with Crippen LogP contribution in [0.15, 0.2) is 12.1 Å². The minimum atomic E-state index is -0.630. The molecular formula is C15H16BrClFNO2. The smallest absolute Gasteiger partial charge is 0.299 e. The quantitative estimate of drug-likeness (QED) is 0.589. The van der Waals surface area contributed by atoms with Crippen LogP contribution in [-0.2, 0) is 4.79 Å². The minimum absolute atomic E-state index is 0.0550. The number of nitrogens with zero attached hydrogens (tertiary/aromatic N) is 1. The summed E-state index contributed by atoms with van der Waals surface area (Å²) in [5.74, 6) is -1.76. The monoisotopic (exact) mass is 375 g/mol. The van der Waals surface area contributed by atoms with E-state index in [9.17, 15) is 14.0 Å². The molecule has 1 aromatic carbocycles. The van der Waals surface area contributed by atoms with Gasteiger partial charge >= 0.3 is 0 Å². The Morgan fingerprint density at radius 1 is 1.33 bits per heavy atom. The van der Waals surface area contributed by atoms with Gasteiger partial charge in [-0.05, 0) is 23.5 Å². The van der Waals surface area contributed by atoms with Crippen LogP contribution in [0.2, 0.25) is 5.02 Å². The highest BCUT2D eigenvalue weighted by Crippen LogP contribution is 2.36. The third kappa shape index (κ3) is 2.99. The number of alkyl halides is 1. The number of ketones is 1. The van der Waals surface area contributed by atoms with E-state index >= 15 is 0 Å². The molecule has 0 bridgehead atoms. The molecule has 3 nitrogen and oxygen atoms in total. The molecular weight excluding hydrogens is 361 g/mol. The van der Waals surface area contributed by atoms with Gasteiger partial charge in [-0.2, -0.15) is 0 Å². The number of hydrogen-bond donors (Lipinski definition) is 0. The molecule has 1 atom stereocenters.